The smallest absolute Gasteiger partial charge is 0.342 e. The van der Waals surface area contributed by atoms with E-state index in [1.165, 1.54) is 4.68 Å². The fraction of sp³-hybridized carbons (Fsp3) is 0.350. The summed E-state index contributed by atoms with van der Waals surface area (Å²) in [6.45, 7) is 1.37. The van der Waals surface area contributed by atoms with Crippen molar-refractivity contribution in [1.29, 1.82) is 0 Å². The van der Waals surface area contributed by atoms with Crippen LogP contribution in [0.1, 0.15) is 29.5 Å². The Morgan fingerprint density at radius 1 is 1.22 bits per heavy atom. The van der Waals surface area contributed by atoms with Crippen LogP contribution in [0.25, 0.3) is 5.69 Å². The third kappa shape index (κ3) is 3.60. The number of rotatable bonds is 4. The molecule has 0 bridgehead atoms. The minimum atomic E-state index is -0.154. The molecule has 1 unspecified atom stereocenters. The Morgan fingerprint density at radius 3 is 2.78 bits per heavy atom. The van der Waals surface area contributed by atoms with Gasteiger partial charge in [0, 0.05) is 30.9 Å². The number of hydrogen-bond donors (Lipinski definition) is 0. The third-order valence-electron chi connectivity index (χ3n) is 5.01. The molecule has 0 N–H and O–H groups in total. The van der Waals surface area contributed by atoms with Gasteiger partial charge in [-0.3, -0.25) is 4.79 Å². The normalized spacial score (nSPS) is 17.2. The summed E-state index contributed by atoms with van der Waals surface area (Å²) in [6, 6.07) is 13.5. The molecule has 1 fully saturated rings. The van der Waals surface area contributed by atoms with Crippen molar-refractivity contribution in [3.05, 3.63) is 69.0 Å². The molecule has 1 atom stereocenters. The summed E-state index contributed by atoms with van der Waals surface area (Å²) < 4.78 is 3.06. The van der Waals surface area contributed by atoms with Crippen molar-refractivity contribution in [3.63, 3.8) is 0 Å². The molecule has 0 spiro atoms. The molecular weight excluding hydrogens is 360 g/mol. The molecule has 6 nitrogen and oxygen atoms in total. The topological polar surface area (TPSA) is 60.1 Å². The summed E-state index contributed by atoms with van der Waals surface area (Å²) in [5.74, 6) is 0.939. The van der Waals surface area contributed by atoms with E-state index in [4.69, 9.17) is 0 Å². The zero-order valence-corrected chi connectivity index (χ0v) is 16.1. The zero-order valence-electron chi connectivity index (χ0n) is 15.2. The van der Waals surface area contributed by atoms with E-state index in [0.29, 0.717) is 13.0 Å². The molecule has 7 heteroatoms. The number of thiophene rings is 1. The van der Waals surface area contributed by atoms with Crippen LogP contribution in [-0.2, 0) is 18.3 Å². The minimum absolute atomic E-state index is 0.0557. The SMILES string of the molecule is Cn1nc(C2CCCN(C(=O)Cc3cccs3)C2)n(-c2ccccc2)c1=O. The second kappa shape index (κ2) is 7.52. The maximum atomic E-state index is 12.7. The van der Waals surface area contributed by atoms with Gasteiger partial charge in [-0.05, 0) is 36.4 Å². The number of amides is 1. The maximum Gasteiger partial charge on any atom is 0.350 e. The number of likely N-dealkylation sites (tertiary alicyclic amines) is 1. The quantitative estimate of drug-likeness (QED) is 0.697. The second-order valence-electron chi connectivity index (χ2n) is 6.87. The highest BCUT2D eigenvalue weighted by atomic mass is 32.1. The average Bonchev–Trinajstić information content (AvgIpc) is 3.31. The Labute approximate surface area is 161 Å². The number of carbonyl (C=O) groups is 1. The lowest BCUT2D eigenvalue weighted by Crippen LogP contribution is -2.40. The number of hydrogen-bond acceptors (Lipinski definition) is 4. The monoisotopic (exact) mass is 382 g/mol. The Bertz CT molecular complexity index is 975. The summed E-state index contributed by atoms with van der Waals surface area (Å²) >= 11 is 1.61. The fourth-order valence-corrected chi connectivity index (χ4v) is 4.35. The molecule has 1 saturated heterocycles. The van der Waals surface area contributed by atoms with E-state index in [0.717, 1.165) is 35.8 Å². The molecule has 1 aliphatic rings. The van der Waals surface area contributed by atoms with Crippen LogP contribution >= 0.6 is 11.3 Å². The van der Waals surface area contributed by atoms with Crippen molar-refractivity contribution in [1.82, 2.24) is 19.2 Å². The second-order valence-corrected chi connectivity index (χ2v) is 7.90. The fourth-order valence-electron chi connectivity index (χ4n) is 3.66. The Kier molecular flexibility index (Phi) is 4.94. The van der Waals surface area contributed by atoms with E-state index >= 15 is 0 Å². The van der Waals surface area contributed by atoms with Crippen molar-refractivity contribution >= 4 is 17.2 Å². The molecule has 1 aromatic carbocycles. The number of para-hydroxylation sites is 1. The molecule has 1 amide bonds. The predicted octanol–water partition coefficient (Wildman–Crippen LogP) is 2.58. The number of aromatic nitrogens is 3. The number of carbonyl (C=O) groups excluding carboxylic acids is 1. The van der Waals surface area contributed by atoms with Gasteiger partial charge < -0.3 is 4.90 Å². The highest BCUT2D eigenvalue weighted by Crippen LogP contribution is 2.27. The number of benzene rings is 1. The number of piperidine rings is 1. The van der Waals surface area contributed by atoms with Crippen LogP contribution in [0.2, 0.25) is 0 Å². The first-order valence-electron chi connectivity index (χ1n) is 9.15. The summed E-state index contributed by atoms with van der Waals surface area (Å²) in [4.78, 5) is 28.4. The highest BCUT2D eigenvalue weighted by molar-refractivity contribution is 7.10. The largest absolute Gasteiger partial charge is 0.350 e. The van der Waals surface area contributed by atoms with E-state index in [1.807, 2.05) is 52.7 Å². The lowest BCUT2D eigenvalue weighted by atomic mass is 9.96. The minimum Gasteiger partial charge on any atom is -0.342 e. The Hall–Kier alpha value is -2.67. The maximum absolute atomic E-state index is 12.7. The molecular formula is C20H22N4O2S. The van der Waals surface area contributed by atoms with E-state index < -0.39 is 0 Å². The van der Waals surface area contributed by atoms with Crippen LogP contribution in [-0.4, -0.2) is 38.2 Å². The van der Waals surface area contributed by atoms with Crippen LogP contribution in [0.4, 0.5) is 0 Å². The van der Waals surface area contributed by atoms with Gasteiger partial charge in [0.2, 0.25) is 5.91 Å². The molecule has 4 rings (SSSR count). The van der Waals surface area contributed by atoms with Gasteiger partial charge in [-0.1, -0.05) is 24.3 Å². The van der Waals surface area contributed by atoms with Crippen LogP contribution in [0.3, 0.4) is 0 Å². The van der Waals surface area contributed by atoms with E-state index in [2.05, 4.69) is 5.10 Å². The van der Waals surface area contributed by atoms with Gasteiger partial charge in [0.1, 0.15) is 5.82 Å². The van der Waals surface area contributed by atoms with Gasteiger partial charge in [-0.2, -0.15) is 5.10 Å². The van der Waals surface area contributed by atoms with Crippen molar-refractivity contribution in [2.75, 3.05) is 13.1 Å². The summed E-state index contributed by atoms with van der Waals surface area (Å²) in [5.41, 5.74) is 0.658. The van der Waals surface area contributed by atoms with E-state index in [-0.39, 0.29) is 17.5 Å². The highest BCUT2D eigenvalue weighted by Gasteiger charge is 2.29. The van der Waals surface area contributed by atoms with Crippen molar-refractivity contribution in [3.8, 4) is 5.69 Å². The van der Waals surface area contributed by atoms with Crippen molar-refractivity contribution in [2.45, 2.75) is 25.2 Å². The average molecular weight is 382 g/mol. The van der Waals surface area contributed by atoms with E-state index in [1.54, 1.807) is 23.0 Å². The van der Waals surface area contributed by atoms with Crippen LogP contribution < -0.4 is 5.69 Å². The number of aryl methyl sites for hydroxylation is 1. The van der Waals surface area contributed by atoms with E-state index in [9.17, 15) is 9.59 Å². The Morgan fingerprint density at radius 2 is 2.04 bits per heavy atom. The first kappa shape index (κ1) is 17.7. The van der Waals surface area contributed by atoms with Gasteiger partial charge in [0.15, 0.2) is 0 Å². The van der Waals surface area contributed by atoms with Crippen LogP contribution in [0.5, 0.6) is 0 Å². The summed E-state index contributed by atoms with van der Waals surface area (Å²) in [6.07, 6.45) is 2.28. The molecule has 3 aromatic rings. The van der Waals surface area contributed by atoms with Crippen LogP contribution in [0.15, 0.2) is 52.6 Å². The molecule has 3 heterocycles. The molecule has 1 aliphatic heterocycles. The molecule has 140 valence electrons. The van der Waals surface area contributed by atoms with Gasteiger partial charge >= 0.3 is 5.69 Å². The molecule has 27 heavy (non-hydrogen) atoms. The predicted molar refractivity (Wildman–Crippen MR) is 105 cm³/mol. The van der Waals surface area contributed by atoms with Crippen molar-refractivity contribution < 1.29 is 4.79 Å². The standard InChI is InChI=1S/C20H22N4O2S/c1-22-20(26)24(16-8-3-2-4-9-16)19(21-22)15-7-5-11-23(14-15)18(25)13-17-10-6-12-27-17/h2-4,6,8-10,12,15H,5,7,11,13-14H2,1H3. The van der Waals surface area contributed by atoms with Gasteiger partial charge in [0.25, 0.3) is 0 Å². The molecule has 0 radical (unpaired) electrons. The Balaban J connectivity index is 1.59. The van der Waals surface area contributed by atoms with Crippen LogP contribution in [0, 0.1) is 0 Å². The first-order chi connectivity index (χ1) is 13.1. The van der Waals surface area contributed by atoms with Crippen molar-refractivity contribution in [2.24, 2.45) is 7.05 Å². The lowest BCUT2D eigenvalue weighted by Gasteiger charge is -2.32. The van der Waals surface area contributed by atoms with Gasteiger partial charge in [0.05, 0.1) is 12.1 Å². The summed E-state index contributed by atoms with van der Waals surface area (Å²) in [7, 11) is 1.67. The van der Waals surface area contributed by atoms with Gasteiger partial charge in [-0.15, -0.1) is 11.3 Å². The first-order valence-corrected chi connectivity index (χ1v) is 10.0. The molecule has 0 aliphatic carbocycles. The number of nitrogens with zero attached hydrogens (tertiary/aromatic N) is 4. The molecule has 0 saturated carbocycles. The lowest BCUT2D eigenvalue weighted by molar-refractivity contribution is -0.131. The summed E-state index contributed by atoms with van der Waals surface area (Å²) in [5, 5.41) is 6.51. The third-order valence-corrected chi connectivity index (χ3v) is 5.89. The molecule has 2 aromatic heterocycles. The van der Waals surface area contributed by atoms with Gasteiger partial charge in [-0.25, -0.2) is 14.0 Å². The zero-order chi connectivity index (χ0) is 18.8.